The Bertz CT molecular complexity index is 545. The Morgan fingerprint density at radius 2 is 1.90 bits per heavy atom. The highest BCUT2D eigenvalue weighted by Gasteiger charge is 2.15. The van der Waals surface area contributed by atoms with Gasteiger partial charge in [0.25, 0.3) is 0 Å². The molecule has 1 aliphatic heterocycles. The summed E-state index contributed by atoms with van der Waals surface area (Å²) in [6.45, 7) is 3.33. The van der Waals surface area contributed by atoms with Gasteiger partial charge in [0.1, 0.15) is 0 Å². The van der Waals surface area contributed by atoms with Crippen LogP contribution < -0.4 is 4.90 Å². The number of amides is 1. The van der Waals surface area contributed by atoms with E-state index in [1.807, 2.05) is 0 Å². The van der Waals surface area contributed by atoms with Crippen LogP contribution in [0.2, 0.25) is 0 Å². The molecule has 0 atom stereocenters. The Hall–Kier alpha value is -2.44. The molecule has 0 bridgehead atoms. The number of carbonyl (C=O) groups is 1. The first-order valence-electron chi connectivity index (χ1n) is 6.61. The number of aromatic nitrogens is 4. The van der Waals surface area contributed by atoms with Crippen molar-refractivity contribution in [3.8, 4) is 0 Å². The quantitative estimate of drug-likeness (QED) is 0.797. The van der Waals surface area contributed by atoms with Gasteiger partial charge in [-0.05, 0) is 17.7 Å². The van der Waals surface area contributed by atoms with Gasteiger partial charge in [0.2, 0.25) is 6.41 Å². The minimum Gasteiger partial charge on any atom is -0.368 e. The number of benzene rings is 1. The summed E-state index contributed by atoms with van der Waals surface area (Å²) in [6, 6.07) is 8.37. The molecule has 104 valence electrons. The number of rotatable bonds is 4. The molecule has 1 aliphatic rings. The summed E-state index contributed by atoms with van der Waals surface area (Å²) in [5.74, 6) is 0.692. The number of nitrogens with zero attached hydrogens (tertiary/aromatic N) is 5. The van der Waals surface area contributed by atoms with Crippen LogP contribution in [-0.4, -0.2) is 58.1 Å². The van der Waals surface area contributed by atoms with E-state index in [2.05, 4.69) is 49.8 Å². The summed E-state index contributed by atoms with van der Waals surface area (Å²) in [6.07, 6.45) is 1.60. The summed E-state index contributed by atoms with van der Waals surface area (Å²) in [7, 11) is 0. The van der Waals surface area contributed by atoms with Gasteiger partial charge in [0.15, 0.2) is 5.82 Å². The van der Waals surface area contributed by atoms with E-state index in [4.69, 9.17) is 0 Å². The third-order valence-electron chi connectivity index (χ3n) is 3.52. The Morgan fingerprint density at radius 3 is 2.50 bits per heavy atom. The van der Waals surface area contributed by atoms with Crippen molar-refractivity contribution in [2.75, 3.05) is 31.1 Å². The van der Waals surface area contributed by atoms with Crippen LogP contribution in [0.15, 0.2) is 24.3 Å². The third-order valence-corrected chi connectivity index (χ3v) is 3.52. The van der Waals surface area contributed by atoms with E-state index in [0.717, 1.165) is 38.2 Å². The number of hydrogen-bond acceptors (Lipinski definition) is 5. The Morgan fingerprint density at radius 1 is 1.15 bits per heavy atom. The average Bonchev–Trinajstić information content (AvgIpc) is 3.01. The van der Waals surface area contributed by atoms with E-state index in [0.29, 0.717) is 12.2 Å². The largest absolute Gasteiger partial charge is 0.368 e. The second kappa shape index (κ2) is 5.68. The molecule has 3 rings (SSSR count). The summed E-state index contributed by atoms with van der Waals surface area (Å²) in [5, 5.41) is 13.9. The maximum Gasteiger partial charge on any atom is 0.209 e. The highest BCUT2D eigenvalue weighted by atomic mass is 16.1. The zero-order chi connectivity index (χ0) is 13.8. The summed E-state index contributed by atoms with van der Waals surface area (Å²) < 4.78 is 0. The lowest BCUT2D eigenvalue weighted by molar-refractivity contribution is -0.118. The molecule has 0 unspecified atom stereocenters. The van der Waals surface area contributed by atoms with Crippen LogP contribution in [0.4, 0.5) is 5.69 Å². The summed E-state index contributed by atoms with van der Waals surface area (Å²) in [4.78, 5) is 14.8. The third kappa shape index (κ3) is 2.76. The van der Waals surface area contributed by atoms with E-state index in [-0.39, 0.29) is 0 Å². The van der Waals surface area contributed by atoms with Gasteiger partial charge >= 0.3 is 0 Å². The summed E-state index contributed by atoms with van der Waals surface area (Å²) in [5.41, 5.74) is 2.34. The first-order valence-corrected chi connectivity index (χ1v) is 6.61. The fourth-order valence-electron chi connectivity index (χ4n) is 2.35. The molecule has 1 fully saturated rings. The van der Waals surface area contributed by atoms with Crippen molar-refractivity contribution < 1.29 is 4.79 Å². The van der Waals surface area contributed by atoms with Crippen LogP contribution in [0.3, 0.4) is 0 Å². The molecule has 7 heteroatoms. The van der Waals surface area contributed by atoms with E-state index in [1.165, 1.54) is 5.69 Å². The molecule has 0 saturated carbocycles. The number of aromatic amines is 1. The molecule has 1 N–H and O–H groups in total. The SMILES string of the molecule is O=CN1CCN(c2ccc(Cc3nn[nH]n3)cc2)CC1. The average molecular weight is 272 g/mol. The van der Waals surface area contributed by atoms with Crippen molar-refractivity contribution in [2.45, 2.75) is 6.42 Å². The molecule has 0 spiro atoms. The van der Waals surface area contributed by atoms with Crippen molar-refractivity contribution >= 4 is 12.1 Å². The van der Waals surface area contributed by atoms with E-state index >= 15 is 0 Å². The minimum absolute atomic E-state index is 0.676. The van der Waals surface area contributed by atoms with Gasteiger partial charge in [-0.1, -0.05) is 17.3 Å². The van der Waals surface area contributed by atoms with E-state index in [9.17, 15) is 4.79 Å². The number of H-pyrrole nitrogens is 1. The van der Waals surface area contributed by atoms with Crippen LogP contribution in [0.25, 0.3) is 0 Å². The molecule has 1 aromatic heterocycles. The van der Waals surface area contributed by atoms with E-state index < -0.39 is 0 Å². The number of piperazine rings is 1. The van der Waals surface area contributed by atoms with Gasteiger partial charge < -0.3 is 9.80 Å². The normalized spacial score (nSPS) is 15.4. The molecule has 7 nitrogen and oxygen atoms in total. The Balaban J connectivity index is 1.63. The lowest BCUT2D eigenvalue weighted by atomic mass is 10.1. The number of anilines is 1. The van der Waals surface area contributed by atoms with Crippen molar-refractivity contribution in [1.29, 1.82) is 0 Å². The van der Waals surface area contributed by atoms with Crippen molar-refractivity contribution in [2.24, 2.45) is 0 Å². The molecule has 0 aliphatic carbocycles. The number of carbonyl (C=O) groups excluding carboxylic acids is 1. The van der Waals surface area contributed by atoms with Crippen molar-refractivity contribution in [3.05, 3.63) is 35.7 Å². The first-order chi connectivity index (χ1) is 9.85. The molecular formula is C13H16N6O. The van der Waals surface area contributed by atoms with Crippen LogP contribution >= 0.6 is 0 Å². The molecule has 2 heterocycles. The van der Waals surface area contributed by atoms with Crippen LogP contribution in [0, 0.1) is 0 Å². The van der Waals surface area contributed by atoms with Gasteiger partial charge in [-0.25, -0.2) is 0 Å². The highest BCUT2D eigenvalue weighted by molar-refractivity contribution is 5.51. The Labute approximate surface area is 116 Å². The van der Waals surface area contributed by atoms with Gasteiger partial charge in [0.05, 0.1) is 0 Å². The maximum atomic E-state index is 10.7. The lowest BCUT2D eigenvalue weighted by Crippen LogP contribution is -2.45. The number of hydrogen-bond donors (Lipinski definition) is 1. The van der Waals surface area contributed by atoms with E-state index in [1.54, 1.807) is 4.90 Å². The molecular weight excluding hydrogens is 256 g/mol. The topological polar surface area (TPSA) is 78.0 Å². The van der Waals surface area contributed by atoms with Crippen LogP contribution in [-0.2, 0) is 11.2 Å². The van der Waals surface area contributed by atoms with Gasteiger partial charge in [-0.15, -0.1) is 10.2 Å². The minimum atomic E-state index is 0.676. The number of tetrazole rings is 1. The fraction of sp³-hybridized carbons (Fsp3) is 0.385. The molecule has 20 heavy (non-hydrogen) atoms. The monoisotopic (exact) mass is 272 g/mol. The zero-order valence-electron chi connectivity index (χ0n) is 11.1. The van der Waals surface area contributed by atoms with Crippen LogP contribution in [0.1, 0.15) is 11.4 Å². The fourth-order valence-corrected chi connectivity index (χ4v) is 2.35. The van der Waals surface area contributed by atoms with Crippen molar-refractivity contribution in [3.63, 3.8) is 0 Å². The van der Waals surface area contributed by atoms with Gasteiger partial charge in [-0.2, -0.15) is 5.21 Å². The van der Waals surface area contributed by atoms with Gasteiger partial charge in [0, 0.05) is 38.3 Å². The summed E-state index contributed by atoms with van der Waals surface area (Å²) >= 11 is 0. The molecule has 2 aromatic rings. The predicted octanol–water partition coefficient (Wildman–Crippen LogP) is 0.0689. The molecule has 0 radical (unpaired) electrons. The van der Waals surface area contributed by atoms with Crippen molar-refractivity contribution in [1.82, 2.24) is 25.5 Å². The maximum absolute atomic E-state index is 10.7. The second-order valence-corrected chi connectivity index (χ2v) is 4.80. The smallest absolute Gasteiger partial charge is 0.209 e. The Kier molecular flexibility index (Phi) is 3.58. The van der Waals surface area contributed by atoms with Crippen LogP contribution in [0.5, 0.6) is 0 Å². The number of nitrogens with one attached hydrogen (secondary N) is 1. The standard InChI is InChI=1S/C13H16N6O/c20-10-18-5-7-19(8-6-18)12-3-1-11(2-4-12)9-13-14-16-17-15-13/h1-4,10H,5-9H2,(H,14,15,16,17). The molecule has 1 aromatic carbocycles. The van der Waals surface area contributed by atoms with Gasteiger partial charge in [-0.3, -0.25) is 4.79 Å². The molecule has 1 saturated heterocycles. The lowest BCUT2D eigenvalue weighted by Gasteiger charge is -2.34. The second-order valence-electron chi connectivity index (χ2n) is 4.80. The highest BCUT2D eigenvalue weighted by Crippen LogP contribution is 2.17. The first kappa shape index (κ1) is 12.6. The predicted molar refractivity (Wildman–Crippen MR) is 73.3 cm³/mol. The zero-order valence-corrected chi connectivity index (χ0v) is 11.1. The molecule has 1 amide bonds.